The van der Waals surface area contributed by atoms with Gasteiger partial charge >= 0.3 is 0 Å². The van der Waals surface area contributed by atoms with Crippen LogP contribution in [0.3, 0.4) is 0 Å². The zero-order valence-electron chi connectivity index (χ0n) is 17.7. The summed E-state index contributed by atoms with van der Waals surface area (Å²) in [6.07, 6.45) is 0. The van der Waals surface area contributed by atoms with E-state index in [2.05, 4.69) is 12.1 Å². The number of hydrogen-bond acceptors (Lipinski definition) is 3. The summed E-state index contributed by atoms with van der Waals surface area (Å²) in [6.45, 7) is 0. The Bertz CT molecular complexity index is 1550. The third kappa shape index (κ3) is 3.66. The number of carbonyl (C=O) groups excluding carboxylic acids is 1. The Labute approximate surface area is 214 Å². The van der Waals surface area contributed by atoms with Gasteiger partial charge in [-0.2, -0.15) is 0 Å². The van der Waals surface area contributed by atoms with E-state index in [1.165, 1.54) is 0 Å². The van der Waals surface area contributed by atoms with Crippen molar-refractivity contribution in [3.8, 4) is 20.9 Å². The van der Waals surface area contributed by atoms with Gasteiger partial charge in [-0.25, -0.2) is 0 Å². The molecule has 6 rings (SSSR count). The second-order valence-corrected chi connectivity index (χ2v) is 10.9. The summed E-state index contributed by atoms with van der Waals surface area (Å²) in [7, 11) is 0. The van der Waals surface area contributed by atoms with Gasteiger partial charge < -0.3 is 0 Å². The summed E-state index contributed by atoms with van der Waals surface area (Å²) < 4.78 is 2.17. The molecule has 0 aliphatic rings. The lowest BCUT2D eigenvalue weighted by molar-refractivity contribution is 0.104. The highest BCUT2D eigenvalue weighted by Gasteiger charge is 2.27. The van der Waals surface area contributed by atoms with Crippen LogP contribution >= 0.6 is 45.9 Å². The maximum atomic E-state index is 14.5. The molecule has 34 heavy (non-hydrogen) atoms. The quantitative estimate of drug-likeness (QED) is 0.214. The molecule has 5 heteroatoms. The molecule has 164 valence electrons. The number of fused-ring (bicyclic) bond motifs is 2. The van der Waals surface area contributed by atoms with Crippen molar-refractivity contribution in [1.82, 2.24) is 0 Å². The molecule has 6 aromatic rings. The smallest absolute Gasteiger partial charge is 0.197 e. The number of hydrogen-bond donors (Lipinski definition) is 0. The highest BCUT2D eigenvalue weighted by atomic mass is 35.5. The minimum atomic E-state index is 0.0322. The number of ketones is 1. The third-order valence-corrected chi connectivity index (χ3v) is 8.80. The van der Waals surface area contributed by atoms with Gasteiger partial charge in [0.15, 0.2) is 5.78 Å². The molecule has 0 saturated carbocycles. The van der Waals surface area contributed by atoms with Crippen molar-refractivity contribution in [3.05, 3.63) is 118 Å². The lowest BCUT2D eigenvalue weighted by Gasteiger charge is -2.08. The van der Waals surface area contributed by atoms with E-state index in [0.717, 1.165) is 52.2 Å². The average molecular weight is 515 g/mol. The van der Waals surface area contributed by atoms with Gasteiger partial charge in [-0.15, -0.1) is 22.7 Å². The Balaban J connectivity index is 1.64. The van der Waals surface area contributed by atoms with E-state index < -0.39 is 0 Å². The SMILES string of the molecule is O=C(c1c(-c2ccc(Cl)cc2)sc2ccccc12)c1c(-c2ccc(Cl)cc2)sc2ccccc12. The van der Waals surface area contributed by atoms with Crippen molar-refractivity contribution < 1.29 is 4.79 Å². The van der Waals surface area contributed by atoms with Crippen molar-refractivity contribution in [1.29, 1.82) is 0 Å². The van der Waals surface area contributed by atoms with E-state index in [0.29, 0.717) is 10.0 Å². The first-order valence-corrected chi connectivity index (χ1v) is 13.1. The molecule has 0 unspecified atom stereocenters. The van der Waals surface area contributed by atoms with E-state index in [1.54, 1.807) is 22.7 Å². The molecule has 4 aromatic carbocycles. The number of benzene rings is 4. The molecule has 2 heterocycles. The molecule has 0 N–H and O–H groups in total. The fourth-order valence-electron chi connectivity index (χ4n) is 4.28. The molecule has 0 amide bonds. The highest BCUT2D eigenvalue weighted by Crippen LogP contribution is 2.45. The van der Waals surface area contributed by atoms with Crippen LogP contribution in [-0.4, -0.2) is 5.78 Å². The summed E-state index contributed by atoms with van der Waals surface area (Å²) in [5, 5.41) is 3.29. The fourth-order valence-corrected chi connectivity index (χ4v) is 6.94. The van der Waals surface area contributed by atoms with E-state index in [1.807, 2.05) is 84.9 Å². The Morgan fingerprint density at radius 1 is 0.529 bits per heavy atom. The van der Waals surface area contributed by atoms with Gasteiger partial charge in [-0.05, 0) is 47.5 Å². The second-order valence-electron chi connectivity index (χ2n) is 7.95. The zero-order chi connectivity index (χ0) is 23.2. The fraction of sp³-hybridized carbons (Fsp3) is 0. The van der Waals surface area contributed by atoms with Gasteiger partial charge in [0.2, 0.25) is 0 Å². The lowest BCUT2D eigenvalue weighted by Crippen LogP contribution is -2.03. The monoisotopic (exact) mass is 514 g/mol. The number of thiophene rings is 2. The van der Waals surface area contributed by atoms with Crippen LogP contribution in [-0.2, 0) is 0 Å². The van der Waals surface area contributed by atoms with E-state index in [9.17, 15) is 4.79 Å². The van der Waals surface area contributed by atoms with Crippen molar-refractivity contribution in [2.75, 3.05) is 0 Å². The van der Waals surface area contributed by atoms with Gasteiger partial charge in [-0.1, -0.05) is 83.9 Å². The Hall–Kier alpha value is -2.95. The van der Waals surface area contributed by atoms with Gasteiger partial charge in [0, 0.05) is 51.1 Å². The van der Waals surface area contributed by atoms with Gasteiger partial charge in [0.25, 0.3) is 0 Å². The standard InChI is InChI=1S/C29H16Cl2OS2/c30-19-13-9-17(10-14-19)28-25(21-5-1-3-7-23(21)33-28)27(32)26-22-6-2-4-8-24(22)34-29(26)18-11-15-20(31)16-12-18/h1-16H. The first-order chi connectivity index (χ1) is 16.6. The van der Waals surface area contributed by atoms with Crippen LogP contribution in [0, 0.1) is 0 Å². The summed E-state index contributed by atoms with van der Waals surface area (Å²) in [6, 6.07) is 31.6. The first kappa shape index (κ1) is 21.6. The largest absolute Gasteiger partial charge is 0.288 e. The average Bonchev–Trinajstić information content (AvgIpc) is 3.44. The predicted octanol–water partition coefficient (Wildman–Crippen LogP) is 9.99. The van der Waals surface area contributed by atoms with Crippen LogP contribution in [0.25, 0.3) is 41.1 Å². The Morgan fingerprint density at radius 3 is 1.32 bits per heavy atom. The van der Waals surface area contributed by atoms with Gasteiger partial charge in [0.05, 0.1) is 0 Å². The molecule has 0 aliphatic heterocycles. The highest BCUT2D eigenvalue weighted by molar-refractivity contribution is 7.23. The van der Waals surface area contributed by atoms with Crippen LogP contribution < -0.4 is 0 Å². The minimum absolute atomic E-state index is 0.0322. The topological polar surface area (TPSA) is 17.1 Å². The molecular weight excluding hydrogens is 499 g/mol. The number of halogens is 2. The van der Waals surface area contributed by atoms with Crippen LogP contribution in [0.2, 0.25) is 10.0 Å². The Morgan fingerprint density at radius 2 is 0.912 bits per heavy atom. The molecular formula is C29H16Cl2OS2. The molecule has 0 spiro atoms. The lowest BCUT2D eigenvalue weighted by atomic mass is 9.94. The number of rotatable bonds is 4. The first-order valence-electron chi connectivity index (χ1n) is 10.7. The molecule has 0 bridgehead atoms. The maximum absolute atomic E-state index is 14.5. The van der Waals surface area contributed by atoms with Crippen LogP contribution in [0.15, 0.2) is 97.1 Å². The summed E-state index contributed by atoms with van der Waals surface area (Å²) in [5.74, 6) is 0.0322. The van der Waals surface area contributed by atoms with Crippen LogP contribution in [0.1, 0.15) is 15.9 Å². The molecule has 0 atom stereocenters. The van der Waals surface area contributed by atoms with Crippen molar-refractivity contribution in [3.63, 3.8) is 0 Å². The van der Waals surface area contributed by atoms with E-state index in [-0.39, 0.29) is 5.78 Å². The molecule has 2 aromatic heterocycles. The van der Waals surface area contributed by atoms with Gasteiger partial charge in [-0.3, -0.25) is 4.79 Å². The van der Waals surface area contributed by atoms with Crippen molar-refractivity contribution in [2.45, 2.75) is 0 Å². The third-order valence-electron chi connectivity index (χ3n) is 5.86. The molecule has 1 nitrogen and oxygen atoms in total. The second kappa shape index (κ2) is 8.68. The van der Waals surface area contributed by atoms with Crippen molar-refractivity contribution >= 4 is 71.8 Å². The van der Waals surface area contributed by atoms with E-state index >= 15 is 0 Å². The molecule has 0 saturated heterocycles. The molecule has 0 aliphatic carbocycles. The summed E-state index contributed by atoms with van der Waals surface area (Å²) in [5.41, 5.74) is 3.45. The van der Waals surface area contributed by atoms with E-state index in [4.69, 9.17) is 23.2 Å². The molecule has 0 fully saturated rings. The predicted molar refractivity (Wildman–Crippen MR) is 148 cm³/mol. The summed E-state index contributed by atoms with van der Waals surface area (Å²) >= 11 is 15.6. The maximum Gasteiger partial charge on any atom is 0.197 e. The minimum Gasteiger partial charge on any atom is -0.288 e. The number of carbonyl (C=O) groups is 1. The van der Waals surface area contributed by atoms with Crippen molar-refractivity contribution in [2.24, 2.45) is 0 Å². The molecule has 0 radical (unpaired) electrons. The van der Waals surface area contributed by atoms with Gasteiger partial charge in [0.1, 0.15) is 0 Å². The summed E-state index contributed by atoms with van der Waals surface area (Å²) in [4.78, 5) is 16.4. The van der Waals surface area contributed by atoms with Crippen LogP contribution in [0.5, 0.6) is 0 Å². The normalized spacial score (nSPS) is 11.4. The van der Waals surface area contributed by atoms with Crippen LogP contribution in [0.4, 0.5) is 0 Å². The Kier molecular flexibility index (Phi) is 5.51. The zero-order valence-corrected chi connectivity index (χ0v) is 20.9.